The summed E-state index contributed by atoms with van der Waals surface area (Å²) in [6.07, 6.45) is 12.5. The van der Waals surface area contributed by atoms with Gasteiger partial charge >= 0.3 is 0 Å². The van der Waals surface area contributed by atoms with Crippen LogP contribution >= 0.6 is 0 Å². The molecule has 0 atom stereocenters. The van der Waals surface area contributed by atoms with Crippen molar-refractivity contribution in [2.24, 2.45) is 13.0 Å². The Morgan fingerprint density at radius 3 is 2.78 bits per heavy atom. The van der Waals surface area contributed by atoms with Gasteiger partial charge in [0.1, 0.15) is 5.65 Å². The zero-order valence-electron chi connectivity index (χ0n) is 13.4. The van der Waals surface area contributed by atoms with Gasteiger partial charge in [-0.15, -0.1) is 0 Å². The molecule has 0 spiro atoms. The van der Waals surface area contributed by atoms with Crippen LogP contribution in [0.3, 0.4) is 0 Å². The topological polar surface area (TPSA) is 66.7 Å². The number of aromatic nitrogens is 4. The highest BCUT2D eigenvalue weighted by molar-refractivity contribution is 5.93. The van der Waals surface area contributed by atoms with Crippen LogP contribution in [0.25, 0.3) is 22.2 Å². The van der Waals surface area contributed by atoms with Crippen molar-refractivity contribution in [3.63, 3.8) is 0 Å². The van der Waals surface area contributed by atoms with Crippen LogP contribution in [-0.2, 0) is 7.05 Å². The van der Waals surface area contributed by atoms with Crippen molar-refractivity contribution in [1.29, 1.82) is 0 Å². The third-order valence-electron chi connectivity index (χ3n) is 5.14. The van der Waals surface area contributed by atoms with Gasteiger partial charge < -0.3 is 10.1 Å². The SMILES string of the molecule is Cn1cc(-c2c[nH]c3ncc(C4CCC(CO)CC4)cc23)cn1. The van der Waals surface area contributed by atoms with Crippen molar-refractivity contribution in [3.8, 4) is 11.1 Å². The van der Waals surface area contributed by atoms with Gasteiger partial charge in [0.2, 0.25) is 0 Å². The van der Waals surface area contributed by atoms with Crippen molar-refractivity contribution in [2.75, 3.05) is 6.61 Å². The van der Waals surface area contributed by atoms with Gasteiger partial charge in [-0.2, -0.15) is 5.10 Å². The lowest BCUT2D eigenvalue weighted by molar-refractivity contribution is 0.182. The number of aliphatic hydroxyl groups is 1. The zero-order chi connectivity index (χ0) is 15.8. The number of hydrogen-bond donors (Lipinski definition) is 2. The molecule has 1 aliphatic carbocycles. The normalized spacial score (nSPS) is 21.8. The van der Waals surface area contributed by atoms with Gasteiger partial charge in [-0.3, -0.25) is 4.68 Å². The fourth-order valence-electron chi connectivity index (χ4n) is 3.72. The molecule has 0 aromatic carbocycles. The Morgan fingerprint density at radius 1 is 1.26 bits per heavy atom. The maximum Gasteiger partial charge on any atom is 0.137 e. The molecule has 3 aromatic rings. The summed E-state index contributed by atoms with van der Waals surface area (Å²) in [6, 6.07) is 2.28. The minimum absolute atomic E-state index is 0.326. The predicted molar refractivity (Wildman–Crippen MR) is 90.1 cm³/mol. The van der Waals surface area contributed by atoms with E-state index < -0.39 is 0 Å². The molecule has 5 nitrogen and oxygen atoms in total. The molecule has 0 unspecified atom stereocenters. The largest absolute Gasteiger partial charge is 0.396 e. The first-order valence-corrected chi connectivity index (χ1v) is 8.31. The van der Waals surface area contributed by atoms with Gasteiger partial charge in [0.05, 0.1) is 6.20 Å². The lowest BCUT2D eigenvalue weighted by Gasteiger charge is -2.27. The van der Waals surface area contributed by atoms with Crippen LogP contribution in [0.1, 0.15) is 37.2 Å². The van der Waals surface area contributed by atoms with Crippen LogP contribution in [0, 0.1) is 5.92 Å². The molecule has 0 radical (unpaired) electrons. The zero-order valence-corrected chi connectivity index (χ0v) is 13.4. The number of nitrogens with zero attached hydrogens (tertiary/aromatic N) is 3. The molecule has 23 heavy (non-hydrogen) atoms. The van der Waals surface area contributed by atoms with E-state index in [2.05, 4.69) is 21.1 Å². The summed E-state index contributed by atoms with van der Waals surface area (Å²) in [5.41, 5.74) is 4.52. The summed E-state index contributed by atoms with van der Waals surface area (Å²) in [5.74, 6) is 1.05. The van der Waals surface area contributed by atoms with E-state index in [0.29, 0.717) is 18.4 Å². The van der Waals surface area contributed by atoms with E-state index in [1.165, 1.54) is 10.9 Å². The van der Waals surface area contributed by atoms with Crippen molar-refractivity contribution in [2.45, 2.75) is 31.6 Å². The molecular weight excluding hydrogens is 288 g/mol. The number of fused-ring (bicyclic) bond motifs is 1. The monoisotopic (exact) mass is 310 g/mol. The van der Waals surface area contributed by atoms with Gasteiger partial charge in [-0.05, 0) is 49.1 Å². The molecule has 120 valence electrons. The smallest absolute Gasteiger partial charge is 0.137 e. The number of aromatic amines is 1. The second-order valence-electron chi connectivity index (χ2n) is 6.67. The molecule has 0 aliphatic heterocycles. The number of nitrogens with one attached hydrogen (secondary N) is 1. The Balaban J connectivity index is 1.67. The first-order chi connectivity index (χ1) is 11.2. The van der Waals surface area contributed by atoms with Crippen molar-refractivity contribution in [3.05, 3.63) is 36.4 Å². The maximum absolute atomic E-state index is 9.30. The predicted octanol–water partition coefficient (Wildman–Crippen LogP) is 3.23. The fraction of sp³-hybridized carbons (Fsp3) is 0.444. The first-order valence-electron chi connectivity index (χ1n) is 8.31. The van der Waals surface area contributed by atoms with E-state index in [1.807, 2.05) is 36.5 Å². The Labute approximate surface area is 135 Å². The van der Waals surface area contributed by atoms with Gasteiger partial charge in [0.25, 0.3) is 0 Å². The van der Waals surface area contributed by atoms with Gasteiger partial charge in [-0.1, -0.05) is 0 Å². The number of hydrogen-bond acceptors (Lipinski definition) is 3. The van der Waals surface area contributed by atoms with E-state index in [1.54, 1.807) is 0 Å². The Bertz CT molecular complexity index is 811. The third kappa shape index (κ3) is 2.65. The van der Waals surface area contributed by atoms with Crippen molar-refractivity contribution >= 4 is 11.0 Å². The highest BCUT2D eigenvalue weighted by Crippen LogP contribution is 2.37. The molecule has 1 fully saturated rings. The Kier molecular flexibility index (Phi) is 3.65. The molecule has 4 rings (SSSR count). The number of aliphatic hydroxyl groups excluding tert-OH is 1. The van der Waals surface area contributed by atoms with Crippen LogP contribution in [0.4, 0.5) is 0 Å². The van der Waals surface area contributed by atoms with E-state index >= 15 is 0 Å². The van der Waals surface area contributed by atoms with Crippen LogP contribution in [-0.4, -0.2) is 31.5 Å². The second kappa shape index (κ2) is 5.81. The Morgan fingerprint density at radius 2 is 2.09 bits per heavy atom. The lowest BCUT2D eigenvalue weighted by atomic mass is 9.79. The van der Waals surface area contributed by atoms with Crippen LogP contribution in [0.15, 0.2) is 30.9 Å². The molecule has 5 heteroatoms. The van der Waals surface area contributed by atoms with Crippen molar-refractivity contribution in [1.82, 2.24) is 19.7 Å². The summed E-state index contributed by atoms with van der Waals surface area (Å²) < 4.78 is 1.82. The molecule has 3 heterocycles. The minimum Gasteiger partial charge on any atom is -0.396 e. The summed E-state index contributed by atoms with van der Waals surface area (Å²) in [4.78, 5) is 7.88. The Hall–Kier alpha value is -2.14. The molecule has 0 amide bonds. The molecule has 3 aromatic heterocycles. The quantitative estimate of drug-likeness (QED) is 0.780. The molecule has 2 N–H and O–H groups in total. The summed E-state index contributed by atoms with van der Waals surface area (Å²) in [5, 5.41) is 14.7. The van der Waals surface area contributed by atoms with Crippen LogP contribution < -0.4 is 0 Å². The van der Waals surface area contributed by atoms with Crippen LogP contribution in [0.2, 0.25) is 0 Å². The van der Waals surface area contributed by atoms with Gasteiger partial charge in [0.15, 0.2) is 0 Å². The summed E-state index contributed by atoms with van der Waals surface area (Å²) >= 11 is 0. The standard InChI is InChI=1S/C18H22N4O/c1-22-10-15(8-21-22)17-9-20-18-16(17)6-14(7-19-18)13-4-2-12(11-23)3-5-13/h6-10,12-13,23H,2-5,11H2,1H3,(H,19,20). The summed E-state index contributed by atoms with van der Waals surface area (Å²) in [7, 11) is 1.93. The number of pyridine rings is 1. The van der Waals surface area contributed by atoms with Crippen LogP contribution in [0.5, 0.6) is 0 Å². The lowest BCUT2D eigenvalue weighted by Crippen LogP contribution is -2.16. The summed E-state index contributed by atoms with van der Waals surface area (Å²) in [6.45, 7) is 0.326. The van der Waals surface area contributed by atoms with Gasteiger partial charge in [0, 0.05) is 48.8 Å². The third-order valence-corrected chi connectivity index (χ3v) is 5.14. The molecule has 0 saturated heterocycles. The van der Waals surface area contributed by atoms with E-state index in [9.17, 15) is 5.11 Å². The highest BCUT2D eigenvalue weighted by Gasteiger charge is 2.22. The molecule has 1 saturated carbocycles. The molecule has 0 bridgehead atoms. The van der Waals surface area contributed by atoms with E-state index in [4.69, 9.17) is 0 Å². The number of aryl methyl sites for hydroxylation is 1. The highest BCUT2D eigenvalue weighted by atomic mass is 16.3. The second-order valence-corrected chi connectivity index (χ2v) is 6.67. The van der Waals surface area contributed by atoms with E-state index in [0.717, 1.165) is 42.5 Å². The number of H-pyrrole nitrogens is 1. The van der Waals surface area contributed by atoms with Gasteiger partial charge in [-0.25, -0.2) is 4.98 Å². The molecular formula is C18H22N4O. The van der Waals surface area contributed by atoms with Crippen molar-refractivity contribution < 1.29 is 5.11 Å². The first kappa shape index (κ1) is 14.5. The fourth-order valence-corrected chi connectivity index (χ4v) is 3.72. The average Bonchev–Trinajstić information content (AvgIpc) is 3.20. The maximum atomic E-state index is 9.30. The minimum atomic E-state index is 0.326. The average molecular weight is 310 g/mol. The van der Waals surface area contributed by atoms with E-state index in [-0.39, 0.29) is 0 Å². The molecule has 1 aliphatic rings. The number of rotatable bonds is 3.